The summed E-state index contributed by atoms with van der Waals surface area (Å²) in [5, 5.41) is 5.17. The van der Waals surface area contributed by atoms with Gasteiger partial charge in [0.05, 0.1) is 11.0 Å². The second-order valence-corrected chi connectivity index (χ2v) is 8.73. The number of fused-ring (bicyclic) bond motifs is 6. The Morgan fingerprint density at radius 3 is 1.82 bits per heavy atom. The molecular formula is C31H22N2. The van der Waals surface area contributed by atoms with Crippen molar-refractivity contribution in [1.82, 2.24) is 9.13 Å². The van der Waals surface area contributed by atoms with E-state index in [0.717, 1.165) is 0 Å². The number of aryl methyl sites for hydroxylation is 1. The van der Waals surface area contributed by atoms with Gasteiger partial charge < -0.3 is 9.13 Å². The van der Waals surface area contributed by atoms with Gasteiger partial charge in [-0.25, -0.2) is 0 Å². The summed E-state index contributed by atoms with van der Waals surface area (Å²) in [5.41, 5.74) is 8.66. The van der Waals surface area contributed by atoms with E-state index in [9.17, 15) is 0 Å². The Morgan fingerprint density at radius 2 is 1.00 bits per heavy atom. The summed E-state index contributed by atoms with van der Waals surface area (Å²) in [6, 6.07) is 41.7. The van der Waals surface area contributed by atoms with Crippen molar-refractivity contribution >= 4 is 43.6 Å². The first-order chi connectivity index (χ1) is 16.3. The smallest absolute Gasteiger partial charge is 0.0547 e. The predicted molar refractivity (Wildman–Crippen MR) is 140 cm³/mol. The number of rotatable bonds is 2. The zero-order valence-electron chi connectivity index (χ0n) is 18.4. The molecule has 0 N–H and O–H groups in total. The van der Waals surface area contributed by atoms with Crippen LogP contribution in [-0.4, -0.2) is 9.13 Å². The first kappa shape index (κ1) is 18.3. The van der Waals surface area contributed by atoms with Crippen molar-refractivity contribution in [1.29, 1.82) is 0 Å². The maximum Gasteiger partial charge on any atom is 0.0547 e. The lowest BCUT2D eigenvalue weighted by Crippen LogP contribution is -1.93. The third-order valence-electron chi connectivity index (χ3n) is 6.93. The molecule has 5 aromatic carbocycles. The van der Waals surface area contributed by atoms with Gasteiger partial charge in [-0.2, -0.15) is 0 Å². The van der Waals surface area contributed by atoms with E-state index < -0.39 is 0 Å². The van der Waals surface area contributed by atoms with E-state index in [1.165, 1.54) is 60.4 Å². The van der Waals surface area contributed by atoms with Crippen molar-refractivity contribution in [3.05, 3.63) is 115 Å². The van der Waals surface area contributed by atoms with Gasteiger partial charge in [-0.15, -0.1) is 0 Å². The molecule has 0 aliphatic heterocycles. The molecule has 7 aromatic rings. The topological polar surface area (TPSA) is 9.86 Å². The fourth-order valence-electron chi connectivity index (χ4n) is 5.35. The normalized spacial score (nSPS) is 11.8. The Labute approximate surface area is 191 Å². The van der Waals surface area contributed by atoms with Crippen LogP contribution in [-0.2, 0) is 7.05 Å². The molecule has 0 aliphatic carbocycles. The summed E-state index contributed by atoms with van der Waals surface area (Å²) in [6.07, 6.45) is 0. The van der Waals surface area contributed by atoms with Crippen LogP contribution in [0.5, 0.6) is 0 Å². The van der Waals surface area contributed by atoms with Crippen LogP contribution in [0.1, 0.15) is 0 Å². The van der Waals surface area contributed by atoms with Crippen molar-refractivity contribution in [2.75, 3.05) is 0 Å². The number of nitrogens with zero attached hydrogens (tertiary/aromatic N) is 2. The number of benzene rings is 5. The van der Waals surface area contributed by atoms with Crippen molar-refractivity contribution < 1.29 is 0 Å². The highest BCUT2D eigenvalue weighted by Gasteiger charge is 2.14. The molecule has 2 heterocycles. The zero-order chi connectivity index (χ0) is 21.9. The maximum absolute atomic E-state index is 2.38. The molecule has 0 saturated heterocycles. The van der Waals surface area contributed by atoms with Gasteiger partial charge >= 0.3 is 0 Å². The highest BCUT2D eigenvalue weighted by atomic mass is 15.0. The van der Waals surface area contributed by atoms with E-state index in [1.54, 1.807) is 0 Å². The largest absolute Gasteiger partial charge is 0.344 e. The summed E-state index contributed by atoms with van der Waals surface area (Å²) in [5.74, 6) is 0. The van der Waals surface area contributed by atoms with Gasteiger partial charge in [-0.05, 0) is 53.6 Å². The lowest BCUT2D eigenvalue weighted by atomic mass is 10.0. The highest BCUT2D eigenvalue weighted by Crippen LogP contribution is 2.36. The summed E-state index contributed by atoms with van der Waals surface area (Å²) >= 11 is 0. The minimum atomic E-state index is 1.19. The van der Waals surface area contributed by atoms with Crippen LogP contribution in [0.25, 0.3) is 60.4 Å². The van der Waals surface area contributed by atoms with Crippen LogP contribution in [0.15, 0.2) is 115 Å². The fraction of sp³-hybridized carbons (Fsp3) is 0.0323. The Hall–Kier alpha value is -4.30. The van der Waals surface area contributed by atoms with Crippen LogP contribution in [0.4, 0.5) is 0 Å². The zero-order valence-corrected chi connectivity index (χ0v) is 18.4. The number of para-hydroxylation sites is 3. The molecule has 2 nitrogen and oxygen atoms in total. The molecule has 0 spiro atoms. The molecule has 156 valence electrons. The molecule has 2 aromatic heterocycles. The maximum atomic E-state index is 2.38. The second-order valence-electron chi connectivity index (χ2n) is 8.73. The SMILES string of the molecule is Cn1c2ccccc2c2cc(-c3ccc4c5ccccc5n(-c5ccccc5)c4c3)ccc21. The van der Waals surface area contributed by atoms with Gasteiger partial charge in [0, 0.05) is 45.3 Å². The Morgan fingerprint density at radius 1 is 0.424 bits per heavy atom. The van der Waals surface area contributed by atoms with E-state index in [0.29, 0.717) is 0 Å². The van der Waals surface area contributed by atoms with Crippen molar-refractivity contribution in [3.63, 3.8) is 0 Å². The number of hydrogen-bond acceptors (Lipinski definition) is 0. The third-order valence-corrected chi connectivity index (χ3v) is 6.93. The summed E-state index contributed by atoms with van der Waals surface area (Å²) in [6.45, 7) is 0. The average Bonchev–Trinajstić information content (AvgIpc) is 3.36. The lowest BCUT2D eigenvalue weighted by molar-refractivity contribution is 1.01. The molecule has 0 atom stereocenters. The van der Waals surface area contributed by atoms with Crippen molar-refractivity contribution in [2.24, 2.45) is 7.05 Å². The molecule has 0 aliphatic rings. The first-order valence-electron chi connectivity index (χ1n) is 11.4. The van der Waals surface area contributed by atoms with Gasteiger partial charge in [-0.1, -0.05) is 72.8 Å². The van der Waals surface area contributed by atoms with Crippen molar-refractivity contribution in [2.45, 2.75) is 0 Å². The molecule has 33 heavy (non-hydrogen) atoms. The van der Waals surface area contributed by atoms with Gasteiger partial charge in [0.2, 0.25) is 0 Å². The van der Waals surface area contributed by atoms with E-state index in [2.05, 4.69) is 131 Å². The molecular weight excluding hydrogens is 400 g/mol. The minimum Gasteiger partial charge on any atom is -0.344 e. The third kappa shape index (κ3) is 2.61. The van der Waals surface area contributed by atoms with Gasteiger partial charge in [-0.3, -0.25) is 0 Å². The first-order valence-corrected chi connectivity index (χ1v) is 11.4. The minimum absolute atomic E-state index is 1.19. The highest BCUT2D eigenvalue weighted by molar-refractivity contribution is 6.11. The molecule has 0 bridgehead atoms. The Kier molecular flexibility index (Phi) is 3.80. The predicted octanol–water partition coefficient (Wildman–Crippen LogP) is 8.10. The Balaban J connectivity index is 1.51. The van der Waals surface area contributed by atoms with Gasteiger partial charge in [0.1, 0.15) is 0 Å². The van der Waals surface area contributed by atoms with E-state index >= 15 is 0 Å². The summed E-state index contributed by atoms with van der Waals surface area (Å²) < 4.78 is 4.66. The van der Waals surface area contributed by atoms with Crippen LogP contribution in [0.3, 0.4) is 0 Å². The van der Waals surface area contributed by atoms with Crippen LogP contribution in [0, 0.1) is 0 Å². The fourth-order valence-corrected chi connectivity index (χ4v) is 5.35. The lowest BCUT2D eigenvalue weighted by Gasteiger charge is -2.09. The monoisotopic (exact) mass is 422 g/mol. The molecule has 7 rings (SSSR count). The van der Waals surface area contributed by atoms with E-state index in [4.69, 9.17) is 0 Å². The number of aromatic nitrogens is 2. The van der Waals surface area contributed by atoms with Gasteiger partial charge in [0.25, 0.3) is 0 Å². The van der Waals surface area contributed by atoms with E-state index in [1.807, 2.05) is 0 Å². The van der Waals surface area contributed by atoms with Crippen LogP contribution < -0.4 is 0 Å². The standard InChI is InChI=1S/C31H22N2/c1-32-28-13-7-5-12-25(28)27-19-21(16-18-29(27)32)22-15-17-26-24-11-6-8-14-30(24)33(31(26)20-22)23-9-3-2-4-10-23/h2-20H,1H3. The molecule has 2 heteroatoms. The summed E-state index contributed by atoms with van der Waals surface area (Å²) in [4.78, 5) is 0. The molecule has 0 fully saturated rings. The van der Waals surface area contributed by atoms with Crippen molar-refractivity contribution in [3.8, 4) is 16.8 Å². The quantitative estimate of drug-likeness (QED) is 0.266. The average molecular weight is 423 g/mol. The van der Waals surface area contributed by atoms with Crippen LogP contribution >= 0.6 is 0 Å². The van der Waals surface area contributed by atoms with E-state index in [-0.39, 0.29) is 0 Å². The van der Waals surface area contributed by atoms with Crippen LogP contribution in [0.2, 0.25) is 0 Å². The molecule has 0 amide bonds. The Bertz CT molecular complexity index is 1820. The number of hydrogen-bond donors (Lipinski definition) is 0. The summed E-state index contributed by atoms with van der Waals surface area (Å²) in [7, 11) is 2.15. The molecule has 0 radical (unpaired) electrons. The molecule has 0 saturated carbocycles. The van der Waals surface area contributed by atoms with Gasteiger partial charge in [0.15, 0.2) is 0 Å². The molecule has 0 unspecified atom stereocenters. The second kappa shape index (κ2) is 6.85.